The predicted molar refractivity (Wildman–Crippen MR) is 29.4 cm³/mol. The summed E-state index contributed by atoms with van der Waals surface area (Å²) in [5, 5.41) is 0. The average molecular weight is 85.2 g/mol. The van der Waals surface area contributed by atoms with Crippen molar-refractivity contribution in [3.8, 4) is 0 Å². The van der Waals surface area contributed by atoms with Gasteiger partial charge in [-0.25, -0.2) is 0 Å². The molecule has 0 nitrogen and oxygen atoms in total. The third-order valence-corrected chi connectivity index (χ3v) is 1.15. The van der Waals surface area contributed by atoms with Crippen molar-refractivity contribution in [3.05, 3.63) is 6.92 Å². The molecule has 0 amide bonds. The predicted octanol–water partition coefficient (Wildman–Crippen LogP) is 2.26. The SMILES string of the molecule is [CH2-]C(CC)CC. The van der Waals surface area contributed by atoms with E-state index in [4.69, 9.17) is 0 Å². The first-order valence-corrected chi connectivity index (χ1v) is 2.64. The van der Waals surface area contributed by atoms with Gasteiger partial charge in [0.15, 0.2) is 0 Å². The number of rotatable bonds is 2. The summed E-state index contributed by atoms with van der Waals surface area (Å²) in [7, 11) is 0. The monoisotopic (exact) mass is 85.1 g/mol. The van der Waals surface area contributed by atoms with Crippen LogP contribution >= 0.6 is 0 Å². The Kier molecular flexibility index (Phi) is 3.20. The van der Waals surface area contributed by atoms with Gasteiger partial charge in [-0.2, -0.15) is 5.92 Å². The lowest BCUT2D eigenvalue weighted by molar-refractivity contribution is 0.602. The molecule has 0 aromatic heterocycles. The van der Waals surface area contributed by atoms with Gasteiger partial charge in [0.1, 0.15) is 0 Å². The lowest BCUT2D eigenvalue weighted by Crippen LogP contribution is -1.85. The van der Waals surface area contributed by atoms with E-state index in [9.17, 15) is 0 Å². The molecule has 0 spiro atoms. The third kappa shape index (κ3) is 2.25. The van der Waals surface area contributed by atoms with Crippen LogP contribution in [-0.2, 0) is 0 Å². The van der Waals surface area contributed by atoms with Crippen molar-refractivity contribution in [2.24, 2.45) is 5.92 Å². The zero-order valence-corrected chi connectivity index (χ0v) is 4.70. The van der Waals surface area contributed by atoms with Crippen LogP contribution < -0.4 is 0 Å². The summed E-state index contributed by atoms with van der Waals surface area (Å²) in [6.45, 7) is 8.21. The molecule has 0 fully saturated rings. The molecule has 0 saturated carbocycles. The maximum absolute atomic E-state index is 3.88. The van der Waals surface area contributed by atoms with Gasteiger partial charge in [-0.05, 0) is 0 Å². The highest BCUT2D eigenvalue weighted by Crippen LogP contribution is 2.02. The molecule has 0 aliphatic carbocycles. The normalized spacial score (nSPS) is 10.0. The van der Waals surface area contributed by atoms with Crippen LogP contribution in [-0.4, -0.2) is 0 Å². The Bertz CT molecular complexity index is 19.2. The Hall–Kier alpha value is 0. The fourth-order valence-electron chi connectivity index (χ4n) is 0.289. The zero-order chi connectivity index (χ0) is 4.99. The largest absolute Gasteiger partial charge is 0.340 e. The van der Waals surface area contributed by atoms with Gasteiger partial charge in [0.2, 0.25) is 0 Å². The molecule has 38 valence electrons. The Morgan fingerprint density at radius 3 is 1.67 bits per heavy atom. The van der Waals surface area contributed by atoms with Crippen molar-refractivity contribution in [2.75, 3.05) is 0 Å². The smallest absolute Gasteiger partial charge is 0.0676 e. The Morgan fingerprint density at radius 1 is 1.33 bits per heavy atom. The van der Waals surface area contributed by atoms with Crippen LogP contribution in [0.25, 0.3) is 0 Å². The Balaban J connectivity index is 2.75. The standard InChI is InChI=1S/C6H13/c1-4-6(3)5-2/h6H,3-5H2,1-2H3/q-1. The van der Waals surface area contributed by atoms with Gasteiger partial charge in [0, 0.05) is 0 Å². The van der Waals surface area contributed by atoms with Crippen molar-refractivity contribution < 1.29 is 0 Å². The summed E-state index contributed by atoms with van der Waals surface area (Å²) in [6.07, 6.45) is 2.44. The summed E-state index contributed by atoms with van der Waals surface area (Å²) in [5.74, 6) is 0.685. The highest BCUT2D eigenvalue weighted by molar-refractivity contribution is 4.53. The molecule has 0 heteroatoms. The van der Waals surface area contributed by atoms with Crippen LogP contribution in [0.1, 0.15) is 26.7 Å². The molecule has 0 atom stereocenters. The number of hydrogen-bond acceptors (Lipinski definition) is 0. The Labute approximate surface area is 40.6 Å². The van der Waals surface area contributed by atoms with Gasteiger partial charge < -0.3 is 6.92 Å². The molecular formula is C6H13-. The molecule has 0 aromatic carbocycles. The molecule has 0 bridgehead atoms. The molecule has 0 N–H and O–H groups in total. The first-order valence-electron chi connectivity index (χ1n) is 2.64. The van der Waals surface area contributed by atoms with E-state index in [1.54, 1.807) is 0 Å². The van der Waals surface area contributed by atoms with Gasteiger partial charge in [-0.1, -0.05) is 26.7 Å². The van der Waals surface area contributed by atoms with Gasteiger partial charge in [-0.15, -0.1) is 0 Å². The quantitative estimate of drug-likeness (QED) is 0.451. The van der Waals surface area contributed by atoms with E-state index in [1.807, 2.05) is 0 Å². The van der Waals surface area contributed by atoms with Gasteiger partial charge >= 0.3 is 0 Å². The van der Waals surface area contributed by atoms with E-state index < -0.39 is 0 Å². The summed E-state index contributed by atoms with van der Waals surface area (Å²) >= 11 is 0. The van der Waals surface area contributed by atoms with Crippen LogP contribution in [0.2, 0.25) is 0 Å². The van der Waals surface area contributed by atoms with Crippen molar-refractivity contribution in [1.82, 2.24) is 0 Å². The minimum atomic E-state index is 0.685. The van der Waals surface area contributed by atoms with E-state index in [2.05, 4.69) is 20.8 Å². The second-order valence-corrected chi connectivity index (χ2v) is 1.68. The van der Waals surface area contributed by atoms with E-state index in [0.717, 1.165) is 0 Å². The van der Waals surface area contributed by atoms with E-state index in [-0.39, 0.29) is 0 Å². The second-order valence-electron chi connectivity index (χ2n) is 1.68. The molecule has 0 rings (SSSR count). The first kappa shape index (κ1) is 6.00. The van der Waals surface area contributed by atoms with Crippen molar-refractivity contribution in [1.29, 1.82) is 0 Å². The fourth-order valence-corrected chi connectivity index (χ4v) is 0.289. The van der Waals surface area contributed by atoms with Gasteiger partial charge in [-0.3, -0.25) is 0 Å². The second kappa shape index (κ2) is 3.20. The molecule has 0 aromatic rings. The molecule has 0 radical (unpaired) electrons. The summed E-state index contributed by atoms with van der Waals surface area (Å²) < 4.78 is 0. The van der Waals surface area contributed by atoms with E-state index >= 15 is 0 Å². The summed E-state index contributed by atoms with van der Waals surface area (Å²) in [5.41, 5.74) is 0. The highest BCUT2D eigenvalue weighted by Gasteiger charge is 1.80. The maximum Gasteiger partial charge on any atom is -0.0676 e. The van der Waals surface area contributed by atoms with Crippen LogP contribution in [0.15, 0.2) is 0 Å². The lowest BCUT2D eigenvalue weighted by Gasteiger charge is -2.08. The van der Waals surface area contributed by atoms with E-state index in [0.29, 0.717) is 5.92 Å². The summed E-state index contributed by atoms with van der Waals surface area (Å²) in [6, 6.07) is 0. The molecule has 0 heterocycles. The van der Waals surface area contributed by atoms with Crippen LogP contribution in [0, 0.1) is 12.8 Å². The fraction of sp³-hybridized carbons (Fsp3) is 0.833. The molecule has 0 aliphatic rings. The van der Waals surface area contributed by atoms with Crippen LogP contribution in [0.4, 0.5) is 0 Å². The summed E-state index contributed by atoms with van der Waals surface area (Å²) in [4.78, 5) is 0. The molecule has 0 aliphatic heterocycles. The third-order valence-electron chi connectivity index (χ3n) is 1.15. The Morgan fingerprint density at radius 2 is 1.67 bits per heavy atom. The topological polar surface area (TPSA) is 0 Å². The minimum Gasteiger partial charge on any atom is -0.340 e. The first-order chi connectivity index (χ1) is 2.81. The van der Waals surface area contributed by atoms with Crippen molar-refractivity contribution >= 4 is 0 Å². The van der Waals surface area contributed by atoms with Crippen molar-refractivity contribution in [2.45, 2.75) is 26.7 Å². The lowest BCUT2D eigenvalue weighted by atomic mass is 10.1. The highest BCUT2D eigenvalue weighted by atomic mass is 13.9. The minimum absolute atomic E-state index is 0.685. The molecule has 6 heavy (non-hydrogen) atoms. The zero-order valence-electron chi connectivity index (χ0n) is 4.70. The number of hydrogen-bond donors (Lipinski definition) is 0. The van der Waals surface area contributed by atoms with Gasteiger partial charge in [0.25, 0.3) is 0 Å². The maximum atomic E-state index is 3.88. The average Bonchev–Trinajstić information content (AvgIpc) is 1.65. The van der Waals surface area contributed by atoms with Gasteiger partial charge in [0.05, 0.1) is 0 Å². The van der Waals surface area contributed by atoms with E-state index in [1.165, 1.54) is 12.8 Å². The molecule has 0 unspecified atom stereocenters. The molecule has 0 saturated heterocycles. The van der Waals surface area contributed by atoms with Crippen molar-refractivity contribution in [3.63, 3.8) is 0 Å². The molecular weight excluding hydrogens is 72.1 g/mol. The van der Waals surface area contributed by atoms with Crippen LogP contribution in [0.5, 0.6) is 0 Å². The van der Waals surface area contributed by atoms with Crippen LogP contribution in [0.3, 0.4) is 0 Å².